The molecule has 40 heavy (non-hydrogen) atoms. The first kappa shape index (κ1) is 31.4. The number of hydrogen-bond donors (Lipinski definition) is 1. The summed E-state index contributed by atoms with van der Waals surface area (Å²) in [6.07, 6.45) is 1.36. The molecule has 3 aromatic carbocycles. The molecule has 7 nitrogen and oxygen atoms in total. The third kappa shape index (κ3) is 8.66. The van der Waals surface area contributed by atoms with E-state index in [0.29, 0.717) is 5.69 Å². The second kappa shape index (κ2) is 13.0. The summed E-state index contributed by atoms with van der Waals surface area (Å²) in [7, 11) is -3.82. The zero-order valence-corrected chi connectivity index (χ0v) is 26.3. The van der Waals surface area contributed by atoms with Crippen LogP contribution in [0.1, 0.15) is 43.0 Å². The Balaban J connectivity index is 2.09. The molecule has 1 N–H and O–H groups in total. The summed E-state index contributed by atoms with van der Waals surface area (Å²) in [5.74, 6) is -0.779. The number of carbonyl (C=O) groups is 2. The Morgan fingerprint density at radius 1 is 0.900 bits per heavy atom. The van der Waals surface area contributed by atoms with Gasteiger partial charge in [0.1, 0.15) is 12.6 Å². The van der Waals surface area contributed by atoms with Crippen molar-refractivity contribution in [3.8, 4) is 0 Å². The van der Waals surface area contributed by atoms with E-state index in [-0.39, 0.29) is 18.9 Å². The van der Waals surface area contributed by atoms with E-state index in [9.17, 15) is 18.0 Å². The van der Waals surface area contributed by atoms with E-state index in [1.54, 1.807) is 12.1 Å². The Labute approximate surface area is 246 Å². The molecule has 0 radical (unpaired) electrons. The van der Waals surface area contributed by atoms with Crippen LogP contribution in [0.2, 0.25) is 0 Å². The molecule has 0 aliphatic heterocycles. The van der Waals surface area contributed by atoms with Crippen LogP contribution in [0.5, 0.6) is 0 Å². The van der Waals surface area contributed by atoms with Crippen molar-refractivity contribution < 1.29 is 18.0 Å². The maximum Gasteiger partial charge on any atom is 0.244 e. The highest BCUT2D eigenvalue weighted by Gasteiger charge is 2.34. The molecule has 0 unspecified atom stereocenters. The van der Waals surface area contributed by atoms with Gasteiger partial charge in [0, 0.05) is 23.0 Å². The molecule has 0 fully saturated rings. The summed E-state index contributed by atoms with van der Waals surface area (Å²) in [5, 5.41) is 3.03. The Morgan fingerprint density at radius 3 is 2.10 bits per heavy atom. The number of aryl methyl sites for hydroxylation is 1. The van der Waals surface area contributed by atoms with Gasteiger partial charge in [-0.3, -0.25) is 13.9 Å². The van der Waals surface area contributed by atoms with E-state index >= 15 is 0 Å². The van der Waals surface area contributed by atoms with Crippen molar-refractivity contribution in [3.05, 3.63) is 99.5 Å². The minimum absolute atomic E-state index is 0.131. The fourth-order valence-electron chi connectivity index (χ4n) is 4.39. The summed E-state index contributed by atoms with van der Waals surface area (Å²) >= 11 is 3.45. The maximum atomic E-state index is 14.2. The van der Waals surface area contributed by atoms with Crippen LogP contribution in [-0.2, 0) is 32.6 Å². The van der Waals surface area contributed by atoms with Crippen LogP contribution in [-0.4, -0.2) is 49.5 Å². The highest BCUT2D eigenvalue weighted by atomic mass is 79.9. The molecule has 214 valence electrons. The van der Waals surface area contributed by atoms with Gasteiger partial charge >= 0.3 is 0 Å². The lowest BCUT2D eigenvalue weighted by Crippen LogP contribution is -2.56. The monoisotopic (exact) mass is 627 g/mol. The average molecular weight is 629 g/mol. The fraction of sp³-hybridized carbons (Fsp3) is 0.355. The minimum atomic E-state index is -3.82. The topological polar surface area (TPSA) is 86.8 Å². The summed E-state index contributed by atoms with van der Waals surface area (Å²) in [6, 6.07) is 21.5. The minimum Gasteiger partial charge on any atom is -0.350 e. The van der Waals surface area contributed by atoms with Gasteiger partial charge in [0.25, 0.3) is 0 Å². The molecule has 0 saturated heterocycles. The molecular weight excluding hydrogens is 590 g/mol. The molecule has 1 atom stereocenters. The number of amides is 2. The zero-order chi connectivity index (χ0) is 29.7. The molecule has 3 rings (SSSR count). The molecule has 0 aliphatic rings. The van der Waals surface area contributed by atoms with Crippen LogP contribution in [0.25, 0.3) is 0 Å². The Morgan fingerprint density at radius 2 is 1.52 bits per heavy atom. The summed E-state index contributed by atoms with van der Waals surface area (Å²) < 4.78 is 28.0. The van der Waals surface area contributed by atoms with Crippen molar-refractivity contribution in [2.75, 3.05) is 17.1 Å². The van der Waals surface area contributed by atoms with Crippen molar-refractivity contribution in [2.45, 2.75) is 59.2 Å². The molecule has 0 spiro atoms. The Bertz CT molecular complexity index is 1440. The van der Waals surface area contributed by atoms with Crippen LogP contribution in [0.4, 0.5) is 5.69 Å². The van der Waals surface area contributed by atoms with Gasteiger partial charge in [-0.15, -0.1) is 0 Å². The van der Waals surface area contributed by atoms with Gasteiger partial charge < -0.3 is 10.2 Å². The number of sulfonamides is 1. The van der Waals surface area contributed by atoms with Crippen molar-refractivity contribution in [1.82, 2.24) is 10.2 Å². The molecule has 3 aromatic rings. The fourth-order valence-corrected chi connectivity index (χ4v) is 5.56. The number of benzene rings is 3. The number of nitrogens with zero attached hydrogens (tertiary/aromatic N) is 2. The molecule has 0 aromatic heterocycles. The number of rotatable bonds is 10. The normalized spacial score (nSPS) is 12.5. The van der Waals surface area contributed by atoms with Crippen LogP contribution in [0.15, 0.2) is 77.3 Å². The molecule has 2 amide bonds. The number of halogens is 1. The zero-order valence-electron chi connectivity index (χ0n) is 23.9. The van der Waals surface area contributed by atoms with E-state index in [2.05, 4.69) is 21.2 Å². The van der Waals surface area contributed by atoms with E-state index in [1.165, 1.54) is 4.90 Å². The van der Waals surface area contributed by atoms with Gasteiger partial charge in [-0.2, -0.15) is 0 Å². The predicted molar refractivity (Wildman–Crippen MR) is 165 cm³/mol. The first-order valence-electron chi connectivity index (χ1n) is 13.1. The van der Waals surface area contributed by atoms with Crippen molar-refractivity contribution in [2.24, 2.45) is 0 Å². The SMILES string of the molecule is Cc1cccc(N(CC(=O)N(Cc2ccc(Br)cc2)[C@H](Cc2ccccc2)C(=O)NC(C)(C)C)S(C)(=O)=O)c1C. The first-order valence-corrected chi connectivity index (χ1v) is 15.7. The molecule has 0 aliphatic carbocycles. The lowest BCUT2D eigenvalue weighted by Gasteiger charge is -2.35. The van der Waals surface area contributed by atoms with Crippen LogP contribution in [0.3, 0.4) is 0 Å². The van der Waals surface area contributed by atoms with Crippen LogP contribution >= 0.6 is 15.9 Å². The second-order valence-electron chi connectivity index (χ2n) is 11.1. The molecular formula is C31H38BrN3O4S. The highest BCUT2D eigenvalue weighted by Crippen LogP contribution is 2.26. The maximum absolute atomic E-state index is 14.2. The van der Waals surface area contributed by atoms with Crippen molar-refractivity contribution in [1.29, 1.82) is 0 Å². The van der Waals surface area contributed by atoms with Crippen molar-refractivity contribution >= 4 is 43.5 Å². The lowest BCUT2D eigenvalue weighted by atomic mass is 10.0. The molecule has 0 bridgehead atoms. The number of anilines is 1. The summed E-state index contributed by atoms with van der Waals surface area (Å²) in [4.78, 5) is 29.4. The van der Waals surface area contributed by atoms with Crippen LogP contribution in [0, 0.1) is 13.8 Å². The van der Waals surface area contributed by atoms with Gasteiger partial charge in [-0.05, 0) is 75.1 Å². The smallest absolute Gasteiger partial charge is 0.244 e. The quantitative estimate of drug-likeness (QED) is 0.327. The van der Waals surface area contributed by atoms with E-state index in [0.717, 1.165) is 37.3 Å². The van der Waals surface area contributed by atoms with Crippen molar-refractivity contribution in [3.63, 3.8) is 0 Å². The van der Waals surface area contributed by atoms with Gasteiger partial charge in [-0.25, -0.2) is 8.42 Å². The largest absolute Gasteiger partial charge is 0.350 e. The molecule has 9 heteroatoms. The third-order valence-electron chi connectivity index (χ3n) is 6.56. The molecule has 0 saturated carbocycles. The predicted octanol–water partition coefficient (Wildman–Crippen LogP) is 5.39. The highest BCUT2D eigenvalue weighted by molar-refractivity contribution is 9.10. The van der Waals surface area contributed by atoms with E-state index in [1.807, 2.05) is 95.3 Å². The third-order valence-corrected chi connectivity index (χ3v) is 8.21. The van der Waals surface area contributed by atoms with E-state index < -0.39 is 34.1 Å². The lowest BCUT2D eigenvalue weighted by molar-refractivity contribution is -0.140. The summed E-state index contributed by atoms with van der Waals surface area (Å²) in [6.45, 7) is 9.08. The molecule has 0 heterocycles. The van der Waals surface area contributed by atoms with E-state index in [4.69, 9.17) is 0 Å². The standard InChI is InChI=1S/C31H38BrN3O4S/c1-22-11-10-14-27(23(22)2)35(40(6,38)39)21-29(36)34(20-25-15-17-26(32)18-16-25)28(30(37)33-31(3,4)5)19-24-12-8-7-9-13-24/h7-18,28H,19-21H2,1-6H3,(H,33,37)/t28-/m1/s1. The average Bonchev–Trinajstić information content (AvgIpc) is 2.86. The van der Waals surface area contributed by atoms with Gasteiger partial charge in [0.2, 0.25) is 21.8 Å². The van der Waals surface area contributed by atoms with Gasteiger partial charge in [0.15, 0.2) is 0 Å². The number of nitrogens with one attached hydrogen (secondary N) is 1. The number of carbonyl (C=O) groups excluding carboxylic acids is 2. The second-order valence-corrected chi connectivity index (χ2v) is 13.9. The van der Waals surface area contributed by atoms with Gasteiger partial charge in [-0.1, -0.05) is 70.5 Å². The number of hydrogen-bond acceptors (Lipinski definition) is 4. The Kier molecular flexibility index (Phi) is 10.2. The van der Waals surface area contributed by atoms with Crippen LogP contribution < -0.4 is 9.62 Å². The summed E-state index contributed by atoms with van der Waals surface area (Å²) in [5.41, 5.74) is 3.30. The Hall–Kier alpha value is -3.17. The first-order chi connectivity index (χ1) is 18.7. The van der Waals surface area contributed by atoms with Gasteiger partial charge in [0.05, 0.1) is 11.9 Å².